The van der Waals surface area contributed by atoms with Crippen molar-refractivity contribution in [2.45, 2.75) is 155 Å². The van der Waals surface area contributed by atoms with Gasteiger partial charge in [-0.3, -0.25) is 4.79 Å². The predicted octanol–water partition coefficient (Wildman–Crippen LogP) is 10.6. The minimum Gasteiger partial charge on any atom is -0.461 e. The zero-order chi connectivity index (χ0) is 24.5. The molecule has 1 aromatic rings. The Bertz CT molecular complexity index is 553. The van der Waals surface area contributed by atoms with Gasteiger partial charge in [0.1, 0.15) is 6.61 Å². The van der Waals surface area contributed by atoms with Gasteiger partial charge in [-0.1, -0.05) is 160 Å². The minimum atomic E-state index is -0.0134. The zero-order valence-corrected chi connectivity index (χ0v) is 22.8. The van der Waals surface area contributed by atoms with Crippen LogP contribution in [-0.2, 0) is 16.1 Å². The van der Waals surface area contributed by atoms with Crippen LogP contribution in [0.3, 0.4) is 0 Å². The Labute approximate surface area is 212 Å². The number of benzene rings is 1. The highest BCUT2D eigenvalue weighted by Gasteiger charge is 2.15. The van der Waals surface area contributed by atoms with E-state index in [1.165, 1.54) is 128 Å². The summed E-state index contributed by atoms with van der Waals surface area (Å²) in [6.45, 7) is 4.97. The number of unbranched alkanes of at least 4 members (excludes halogenated alkanes) is 16. The van der Waals surface area contributed by atoms with Crippen molar-refractivity contribution in [3.8, 4) is 0 Å². The molecule has 1 aromatic carbocycles. The lowest BCUT2D eigenvalue weighted by Crippen LogP contribution is -2.12. The van der Waals surface area contributed by atoms with Crippen molar-refractivity contribution in [2.24, 2.45) is 5.92 Å². The first kappa shape index (κ1) is 30.7. The smallest absolute Gasteiger partial charge is 0.306 e. The van der Waals surface area contributed by atoms with Crippen LogP contribution in [0.15, 0.2) is 30.3 Å². The van der Waals surface area contributed by atoms with Gasteiger partial charge in [0, 0.05) is 6.42 Å². The van der Waals surface area contributed by atoms with E-state index in [1.54, 1.807) is 0 Å². The summed E-state index contributed by atoms with van der Waals surface area (Å²) in [5.74, 6) is 0.484. The Hall–Kier alpha value is -1.31. The first-order valence-electron chi connectivity index (χ1n) is 15.0. The normalized spacial score (nSPS) is 12.1. The van der Waals surface area contributed by atoms with E-state index in [-0.39, 0.29) is 5.97 Å². The van der Waals surface area contributed by atoms with Crippen molar-refractivity contribution in [3.05, 3.63) is 35.9 Å². The molecule has 2 heteroatoms. The first-order valence-corrected chi connectivity index (χ1v) is 15.0. The van der Waals surface area contributed by atoms with Gasteiger partial charge in [-0.2, -0.15) is 0 Å². The third kappa shape index (κ3) is 19.0. The molecular weight excluding hydrogens is 416 g/mol. The second-order valence-corrected chi connectivity index (χ2v) is 10.5. The highest BCUT2D eigenvalue weighted by atomic mass is 16.5. The number of rotatable bonds is 24. The van der Waals surface area contributed by atoms with Crippen molar-refractivity contribution in [3.63, 3.8) is 0 Å². The molecule has 1 atom stereocenters. The van der Waals surface area contributed by atoms with Crippen LogP contribution in [0.5, 0.6) is 0 Å². The Morgan fingerprint density at radius 2 is 1.03 bits per heavy atom. The molecule has 1 unspecified atom stereocenters. The lowest BCUT2D eigenvalue weighted by molar-refractivity contribution is -0.146. The fourth-order valence-corrected chi connectivity index (χ4v) is 4.87. The Balaban J connectivity index is 2.23. The third-order valence-electron chi connectivity index (χ3n) is 7.13. The summed E-state index contributed by atoms with van der Waals surface area (Å²) < 4.78 is 5.60. The van der Waals surface area contributed by atoms with Crippen LogP contribution in [0.2, 0.25) is 0 Å². The summed E-state index contributed by atoms with van der Waals surface area (Å²) in [6.07, 6.45) is 27.5. The van der Waals surface area contributed by atoms with Crippen LogP contribution in [0.4, 0.5) is 0 Å². The van der Waals surface area contributed by atoms with Crippen LogP contribution >= 0.6 is 0 Å². The summed E-state index contributed by atoms with van der Waals surface area (Å²) in [7, 11) is 0. The van der Waals surface area contributed by atoms with E-state index in [0.29, 0.717) is 18.9 Å². The molecule has 0 spiro atoms. The van der Waals surface area contributed by atoms with E-state index in [4.69, 9.17) is 4.74 Å². The molecule has 0 aliphatic heterocycles. The maximum atomic E-state index is 12.5. The molecule has 0 fully saturated rings. The molecule has 2 nitrogen and oxygen atoms in total. The molecule has 196 valence electrons. The third-order valence-corrected chi connectivity index (χ3v) is 7.13. The summed E-state index contributed by atoms with van der Waals surface area (Å²) >= 11 is 0. The molecular formula is C32H56O2. The van der Waals surface area contributed by atoms with E-state index < -0.39 is 0 Å². The Morgan fingerprint density at radius 3 is 1.47 bits per heavy atom. The van der Waals surface area contributed by atoms with Gasteiger partial charge in [0.25, 0.3) is 0 Å². The van der Waals surface area contributed by atoms with Gasteiger partial charge in [-0.15, -0.1) is 0 Å². The first-order chi connectivity index (χ1) is 16.8. The van der Waals surface area contributed by atoms with Crippen LogP contribution in [0.25, 0.3) is 0 Å². The van der Waals surface area contributed by atoms with E-state index in [9.17, 15) is 4.79 Å². The van der Waals surface area contributed by atoms with Gasteiger partial charge in [0.05, 0.1) is 0 Å². The monoisotopic (exact) mass is 472 g/mol. The Morgan fingerprint density at radius 1 is 0.618 bits per heavy atom. The lowest BCUT2D eigenvalue weighted by atomic mass is 9.91. The van der Waals surface area contributed by atoms with Crippen LogP contribution in [0.1, 0.15) is 154 Å². The van der Waals surface area contributed by atoms with Crippen LogP contribution < -0.4 is 0 Å². The van der Waals surface area contributed by atoms with Crippen molar-refractivity contribution < 1.29 is 9.53 Å². The average molecular weight is 473 g/mol. The maximum absolute atomic E-state index is 12.5. The molecule has 0 aliphatic carbocycles. The maximum Gasteiger partial charge on any atom is 0.306 e. The van der Waals surface area contributed by atoms with Gasteiger partial charge in [-0.05, 0) is 24.3 Å². The van der Waals surface area contributed by atoms with Gasteiger partial charge >= 0.3 is 5.97 Å². The quantitative estimate of drug-likeness (QED) is 0.110. The molecule has 0 saturated carbocycles. The molecule has 0 aliphatic rings. The standard InChI is InChI=1S/C32H56O2/c1-3-5-7-9-11-13-14-16-18-21-25-30(24-20-17-15-12-10-8-6-4-2)28-32(33)34-29-31-26-22-19-23-27-31/h19,22-23,26-27,30H,3-18,20-21,24-25,28-29H2,1-2H3. The summed E-state index contributed by atoms with van der Waals surface area (Å²) in [4.78, 5) is 12.5. The van der Waals surface area contributed by atoms with Crippen molar-refractivity contribution in [2.75, 3.05) is 0 Å². The van der Waals surface area contributed by atoms with Crippen LogP contribution in [-0.4, -0.2) is 5.97 Å². The largest absolute Gasteiger partial charge is 0.461 e. The van der Waals surface area contributed by atoms with Gasteiger partial charge in [0.2, 0.25) is 0 Å². The fraction of sp³-hybridized carbons (Fsp3) is 0.781. The molecule has 0 bridgehead atoms. The van der Waals surface area contributed by atoms with E-state index in [1.807, 2.05) is 30.3 Å². The molecule has 1 rings (SSSR count). The summed E-state index contributed by atoms with van der Waals surface area (Å²) in [5.41, 5.74) is 1.07. The topological polar surface area (TPSA) is 26.3 Å². The molecule has 0 radical (unpaired) electrons. The lowest BCUT2D eigenvalue weighted by Gasteiger charge is -2.16. The van der Waals surface area contributed by atoms with Crippen molar-refractivity contribution in [1.29, 1.82) is 0 Å². The average Bonchev–Trinajstić information content (AvgIpc) is 2.86. The number of ether oxygens (including phenoxy) is 1. The number of hydrogen-bond acceptors (Lipinski definition) is 2. The second kappa shape index (κ2) is 23.4. The van der Waals surface area contributed by atoms with Crippen molar-refractivity contribution in [1.82, 2.24) is 0 Å². The molecule has 0 amide bonds. The summed E-state index contributed by atoms with van der Waals surface area (Å²) in [5, 5.41) is 0. The zero-order valence-electron chi connectivity index (χ0n) is 22.8. The SMILES string of the molecule is CCCCCCCCCCCCC(CCCCCCCCCC)CC(=O)OCc1ccccc1. The van der Waals surface area contributed by atoms with Gasteiger partial charge in [-0.25, -0.2) is 0 Å². The molecule has 34 heavy (non-hydrogen) atoms. The molecule has 0 heterocycles. The van der Waals surface area contributed by atoms with Crippen molar-refractivity contribution >= 4 is 5.97 Å². The highest BCUT2D eigenvalue weighted by molar-refractivity contribution is 5.69. The van der Waals surface area contributed by atoms with E-state index in [2.05, 4.69) is 13.8 Å². The summed E-state index contributed by atoms with van der Waals surface area (Å²) in [6, 6.07) is 10.0. The molecule has 0 aromatic heterocycles. The van der Waals surface area contributed by atoms with E-state index >= 15 is 0 Å². The van der Waals surface area contributed by atoms with Crippen LogP contribution in [0, 0.1) is 5.92 Å². The predicted molar refractivity (Wildman–Crippen MR) is 148 cm³/mol. The minimum absolute atomic E-state index is 0.0134. The van der Waals surface area contributed by atoms with Gasteiger partial charge in [0.15, 0.2) is 0 Å². The number of esters is 1. The number of hydrogen-bond donors (Lipinski definition) is 0. The molecule has 0 N–H and O–H groups in total. The number of carbonyl (C=O) groups is 1. The van der Waals surface area contributed by atoms with Gasteiger partial charge < -0.3 is 4.74 Å². The number of carbonyl (C=O) groups excluding carboxylic acids is 1. The fourth-order valence-electron chi connectivity index (χ4n) is 4.87. The Kier molecular flexibility index (Phi) is 21.2. The highest BCUT2D eigenvalue weighted by Crippen LogP contribution is 2.23. The molecule has 0 saturated heterocycles. The second-order valence-electron chi connectivity index (χ2n) is 10.5. The van der Waals surface area contributed by atoms with E-state index in [0.717, 1.165) is 5.56 Å².